The van der Waals surface area contributed by atoms with E-state index >= 15 is 0 Å². The highest BCUT2D eigenvalue weighted by Gasteiger charge is 2.09. The van der Waals surface area contributed by atoms with Gasteiger partial charge in [0.05, 0.1) is 11.7 Å². The third kappa shape index (κ3) is 3.42. The van der Waals surface area contributed by atoms with Gasteiger partial charge in [0.25, 0.3) is 0 Å². The quantitative estimate of drug-likeness (QED) is 0.576. The van der Waals surface area contributed by atoms with Crippen LogP contribution in [0, 0.1) is 0 Å². The van der Waals surface area contributed by atoms with Crippen LogP contribution in [0.25, 0.3) is 0 Å². The summed E-state index contributed by atoms with van der Waals surface area (Å²) in [5.74, 6) is 0. The number of azo groups is 1. The Bertz CT molecular complexity index is 556. The minimum absolute atomic E-state index is 0.886. The van der Waals surface area contributed by atoms with Gasteiger partial charge in [-0.1, -0.05) is 0 Å². The van der Waals surface area contributed by atoms with E-state index in [9.17, 15) is 0 Å². The number of hydrogen-bond acceptors (Lipinski definition) is 4. The molecule has 0 saturated carbocycles. The molecule has 0 atom stereocenters. The molecule has 106 valence electrons. The van der Waals surface area contributed by atoms with Crippen molar-refractivity contribution in [3.8, 4) is 0 Å². The fourth-order valence-corrected chi connectivity index (χ4v) is 2.78. The van der Waals surface area contributed by atoms with E-state index in [1.807, 2.05) is 23.7 Å². The van der Waals surface area contributed by atoms with E-state index in [4.69, 9.17) is 0 Å². The molecule has 2 rings (SSSR count). The van der Waals surface area contributed by atoms with Gasteiger partial charge in [0, 0.05) is 24.2 Å². The van der Waals surface area contributed by atoms with Crippen molar-refractivity contribution in [3.63, 3.8) is 0 Å². The summed E-state index contributed by atoms with van der Waals surface area (Å²) in [6.45, 7) is 9.38. The maximum Gasteiger partial charge on any atom is 0.408 e. The van der Waals surface area contributed by atoms with Crippen LogP contribution in [0.1, 0.15) is 20.8 Å². The summed E-state index contributed by atoms with van der Waals surface area (Å²) in [7, 11) is 0. The molecule has 0 N–H and O–H groups in total. The average Bonchev–Trinajstić information content (AvgIpc) is 2.95. The minimum atomic E-state index is 0.886. The zero-order chi connectivity index (χ0) is 14.4. The smallest absolute Gasteiger partial charge is 0.372 e. The fourth-order valence-electron chi connectivity index (χ4n) is 2.04. The van der Waals surface area contributed by atoms with E-state index in [2.05, 4.69) is 52.6 Å². The summed E-state index contributed by atoms with van der Waals surface area (Å²) >= 11 is 1.60. The lowest BCUT2D eigenvalue weighted by atomic mass is 10.2. The molecule has 2 aromatic rings. The second-order valence-electron chi connectivity index (χ2n) is 4.36. The summed E-state index contributed by atoms with van der Waals surface area (Å²) in [6.07, 6.45) is 2.03. The highest BCUT2D eigenvalue weighted by molar-refractivity contribution is 7.12. The Labute approximate surface area is 124 Å². The first kappa shape index (κ1) is 14.7. The number of aryl methyl sites for hydroxylation is 1. The molecule has 4 nitrogen and oxygen atoms in total. The Morgan fingerprint density at radius 1 is 1.05 bits per heavy atom. The van der Waals surface area contributed by atoms with E-state index < -0.39 is 0 Å². The normalized spacial score (nSPS) is 11.2. The fraction of sp³-hybridized carbons (Fsp3) is 0.400. The molecule has 0 fully saturated rings. The van der Waals surface area contributed by atoms with E-state index in [-0.39, 0.29) is 0 Å². The van der Waals surface area contributed by atoms with Crippen molar-refractivity contribution in [2.24, 2.45) is 10.2 Å². The molecule has 0 radical (unpaired) electrons. The molecule has 0 aliphatic carbocycles. The molecule has 0 spiro atoms. The molecular formula is C15H21N4S+. The van der Waals surface area contributed by atoms with Crippen molar-refractivity contribution in [2.75, 3.05) is 18.0 Å². The highest BCUT2D eigenvalue weighted by atomic mass is 32.1. The van der Waals surface area contributed by atoms with Crippen LogP contribution < -0.4 is 9.47 Å². The van der Waals surface area contributed by atoms with Crippen LogP contribution in [0.15, 0.2) is 46.1 Å². The van der Waals surface area contributed by atoms with Crippen molar-refractivity contribution >= 4 is 27.8 Å². The van der Waals surface area contributed by atoms with Gasteiger partial charge < -0.3 is 4.90 Å². The van der Waals surface area contributed by atoms with E-state index in [1.165, 1.54) is 5.69 Å². The van der Waals surface area contributed by atoms with Gasteiger partial charge in [-0.25, -0.2) is 4.57 Å². The zero-order valence-corrected chi connectivity index (χ0v) is 13.1. The third-order valence-corrected chi connectivity index (χ3v) is 4.01. The Morgan fingerprint density at radius 2 is 1.75 bits per heavy atom. The first-order valence-electron chi connectivity index (χ1n) is 7.02. The van der Waals surface area contributed by atoms with Crippen LogP contribution in [-0.2, 0) is 6.54 Å². The molecule has 1 aromatic carbocycles. The topological polar surface area (TPSA) is 31.8 Å². The van der Waals surface area contributed by atoms with E-state index in [0.29, 0.717) is 0 Å². The molecule has 5 heteroatoms. The minimum Gasteiger partial charge on any atom is -0.372 e. The van der Waals surface area contributed by atoms with Gasteiger partial charge in [0.1, 0.15) is 11.9 Å². The van der Waals surface area contributed by atoms with Crippen molar-refractivity contribution in [3.05, 3.63) is 35.8 Å². The highest BCUT2D eigenvalue weighted by Crippen LogP contribution is 2.22. The SMILES string of the molecule is CCN(CC)c1ccc(N=Nc2scc[n+]2CC)cc1. The van der Waals surface area contributed by atoms with Gasteiger partial charge in [0.15, 0.2) is 0 Å². The predicted octanol–water partition coefficient (Wildman–Crippen LogP) is 4.32. The first-order valence-corrected chi connectivity index (χ1v) is 7.90. The lowest BCUT2D eigenvalue weighted by Crippen LogP contribution is -2.28. The van der Waals surface area contributed by atoms with Crippen LogP contribution in [0.2, 0.25) is 0 Å². The summed E-state index contributed by atoms with van der Waals surface area (Å²) < 4.78 is 2.08. The molecule has 0 saturated heterocycles. The van der Waals surface area contributed by atoms with Crippen molar-refractivity contribution in [2.45, 2.75) is 27.3 Å². The van der Waals surface area contributed by atoms with Crippen LogP contribution in [-0.4, -0.2) is 13.1 Å². The average molecular weight is 289 g/mol. The molecule has 0 amide bonds. The predicted molar refractivity (Wildman–Crippen MR) is 84.4 cm³/mol. The number of anilines is 1. The van der Waals surface area contributed by atoms with Gasteiger partial charge in [-0.3, -0.25) is 0 Å². The Balaban J connectivity index is 2.11. The number of rotatable bonds is 6. The van der Waals surface area contributed by atoms with Crippen LogP contribution >= 0.6 is 11.3 Å². The van der Waals surface area contributed by atoms with E-state index in [0.717, 1.165) is 30.5 Å². The Kier molecular flexibility index (Phi) is 5.24. The lowest BCUT2D eigenvalue weighted by molar-refractivity contribution is -0.676. The molecule has 0 aliphatic rings. The lowest BCUT2D eigenvalue weighted by Gasteiger charge is -2.20. The molecule has 0 aliphatic heterocycles. The molecule has 1 heterocycles. The molecule has 0 bridgehead atoms. The molecule has 1 aromatic heterocycles. The monoisotopic (exact) mass is 289 g/mol. The Hall–Kier alpha value is -1.75. The van der Waals surface area contributed by atoms with Gasteiger partial charge in [-0.05, 0) is 61.5 Å². The number of aromatic nitrogens is 1. The third-order valence-electron chi connectivity index (χ3n) is 3.23. The van der Waals surface area contributed by atoms with Gasteiger partial charge in [-0.15, -0.1) is 0 Å². The standard InChI is InChI=1S/C15H21N4S/c1-4-18(5-2)14-9-7-13(8-10-14)16-17-15-19(6-3)11-12-20-15/h7-12H,4-6H2,1-3H3/q+1. The molecule has 0 unspecified atom stereocenters. The Morgan fingerprint density at radius 3 is 2.35 bits per heavy atom. The maximum absolute atomic E-state index is 4.31. The number of nitrogens with zero attached hydrogens (tertiary/aromatic N) is 4. The second-order valence-corrected chi connectivity index (χ2v) is 5.23. The first-order chi connectivity index (χ1) is 9.78. The number of thiazole rings is 1. The van der Waals surface area contributed by atoms with Gasteiger partial charge in [0.2, 0.25) is 0 Å². The van der Waals surface area contributed by atoms with Crippen molar-refractivity contribution < 1.29 is 4.57 Å². The van der Waals surface area contributed by atoms with Gasteiger partial charge >= 0.3 is 5.13 Å². The number of hydrogen-bond donors (Lipinski definition) is 0. The summed E-state index contributed by atoms with van der Waals surface area (Å²) in [5, 5.41) is 11.6. The van der Waals surface area contributed by atoms with Crippen LogP contribution in [0.5, 0.6) is 0 Å². The van der Waals surface area contributed by atoms with Gasteiger partial charge in [-0.2, -0.15) is 0 Å². The van der Waals surface area contributed by atoms with Crippen molar-refractivity contribution in [1.29, 1.82) is 0 Å². The van der Waals surface area contributed by atoms with Crippen LogP contribution in [0.4, 0.5) is 16.5 Å². The second kappa shape index (κ2) is 7.14. The molecular weight excluding hydrogens is 268 g/mol. The summed E-state index contributed by atoms with van der Waals surface area (Å²) in [5.41, 5.74) is 2.12. The summed E-state index contributed by atoms with van der Waals surface area (Å²) in [6, 6.07) is 8.23. The maximum atomic E-state index is 4.31. The zero-order valence-electron chi connectivity index (χ0n) is 12.3. The largest absolute Gasteiger partial charge is 0.408 e. The van der Waals surface area contributed by atoms with Crippen LogP contribution in [0.3, 0.4) is 0 Å². The van der Waals surface area contributed by atoms with Crippen molar-refractivity contribution in [1.82, 2.24) is 0 Å². The number of benzene rings is 1. The summed E-state index contributed by atoms with van der Waals surface area (Å²) in [4.78, 5) is 2.31. The van der Waals surface area contributed by atoms with E-state index in [1.54, 1.807) is 11.3 Å². The molecule has 20 heavy (non-hydrogen) atoms.